The van der Waals surface area contributed by atoms with Gasteiger partial charge in [0.2, 0.25) is 22.8 Å². The first-order chi connectivity index (χ1) is 19.8. The highest BCUT2D eigenvalue weighted by atomic mass is 16.5. The number of fused-ring (bicyclic) bond motifs is 3. The van der Waals surface area contributed by atoms with Crippen molar-refractivity contribution in [3.05, 3.63) is 69.4 Å². The third-order valence-electron chi connectivity index (χ3n) is 6.97. The van der Waals surface area contributed by atoms with Crippen LogP contribution in [-0.2, 0) is 11.2 Å². The number of carbonyl (C=O) groups excluding carboxylic acids is 1. The topological polar surface area (TPSA) is 122 Å². The fourth-order valence-corrected chi connectivity index (χ4v) is 5.02. The summed E-state index contributed by atoms with van der Waals surface area (Å²) in [7, 11) is 8.91. The summed E-state index contributed by atoms with van der Waals surface area (Å²) in [6, 6.07) is 9.42. The average Bonchev–Trinajstić information content (AvgIpc) is 3.23. The standard InChI is InChI=1S/C31H33NO9/c1-36-23-11-9-19-20(16-22(23)33)21(10-8-18-15-26(39-4)30(40-5)31(41-6)28(18)19)32-27(34)12-7-17-13-24(37-2)29(35)25(14-17)38-3/h7,9,11-16,21,35H,8,10H2,1-6H3,(H,32,34)/b12-7+. The predicted octanol–water partition coefficient (Wildman–Crippen LogP) is 4.29. The van der Waals surface area contributed by atoms with E-state index in [9.17, 15) is 14.7 Å². The Kier molecular flexibility index (Phi) is 8.91. The fraction of sp³-hybridized carbons (Fsp3) is 0.290. The van der Waals surface area contributed by atoms with E-state index in [1.165, 1.54) is 40.6 Å². The van der Waals surface area contributed by atoms with Gasteiger partial charge in [-0.2, -0.15) is 0 Å². The summed E-state index contributed by atoms with van der Waals surface area (Å²) in [4.78, 5) is 26.2. The van der Waals surface area contributed by atoms with Crippen LogP contribution in [0.3, 0.4) is 0 Å². The second kappa shape index (κ2) is 12.5. The smallest absolute Gasteiger partial charge is 0.244 e. The van der Waals surface area contributed by atoms with Crippen molar-refractivity contribution in [2.24, 2.45) is 0 Å². The minimum Gasteiger partial charge on any atom is -0.502 e. The van der Waals surface area contributed by atoms with Crippen LogP contribution < -0.4 is 39.2 Å². The lowest BCUT2D eigenvalue weighted by Crippen LogP contribution is -2.27. The van der Waals surface area contributed by atoms with Gasteiger partial charge in [0.1, 0.15) is 0 Å². The maximum Gasteiger partial charge on any atom is 0.244 e. The lowest BCUT2D eigenvalue weighted by Gasteiger charge is -2.19. The Morgan fingerprint density at radius 2 is 1.46 bits per heavy atom. The van der Waals surface area contributed by atoms with E-state index in [1.54, 1.807) is 44.6 Å². The molecule has 0 bridgehead atoms. The van der Waals surface area contributed by atoms with Gasteiger partial charge < -0.3 is 38.8 Å². The largest absolute Gasteiger partial charge is 0.502 e. The zero-order valence-electron chi connectivity index (χ0n) is 23.8. The highest BCUT2D eigenvalue weighted by Gasteiger charge is 2.29. The van der Waals surface area contributed by atoms with Gasteiger partial charge >= 0.3 is 0 Å². The summed E-state index contributed by atoms with van der Waals surface area (Å²) < 4.78 is 32.7. The molecule has 2 N–H and O–H groups in total. The van der Waals surface area contributed by atoms with Crippen LogP contribution in [0.25, 0.3) is 17.2 Å². The number of aryl methyl sites for hydroxylation is 1. The van der Waals surface area contributed by atoms with Crippen molar-refractivity contribution in [3.63, 3.8) is 0 Å². The van der Waals surface area contributed by atoms with Gasteiger partial charge in [-0.05, 0) is 71.5 Å². The van der Waals surface area contributed by atoms with Gasteiger partial charge in [-0.25, -0.2) is 0 Å². The molecule has 3 aromatic rings. The van der Waals surface area contributed by atoms with Gasteiger partial charge in [-0.3, -0.25) is 9.59 Å². The molecule has 10 nitrogen and oxygen atoms in total. The maximum absolute atomic E-state index is 13.2. The molecule has 1 aliphatic carbocycles. The summed E-state index contributed by atoms with van der Waals surface area (Å²) in [5.74, 6) is 1.47. The molecule has 10 heteroatoms. The van der Waals surface area contributed by atoms with Crippen molar-refractivity contribution in [1.82, 2.24) is 5.32 Å². The SMILES string of the molecule is COc1cc(/C=C/C(=O)NC2CCc3cc(OC)c(OC)c(OC)c3-c3ccc(OC)c(=O)cc32)cc(OC)c1O. The number of aromatic hydroxyl groups is 1. The third kappa shape index (κ3) is 5.72. The minimum absolute atomic E-state index is 0.133. The maximum atomic E-state index is 13.2. The van der Waals surface area contributed by atoms with Crippen molar-refractivity contribution in [3.8, 4) is 51.4 Å². The lowest BCUT2D eigenvalue weighted by atomic mass is 9.95. The second-order valence-electron chi connectivity index (χ2n) is 9.17. The van der Waals surface area contributed by atoms with Crippen LogP contribution in [0.2, 0.25) is 0 Å². The Balaban J connectivity index is 1.79. The number of rotatable bonds is 9. The van der Waals surface area contributed by atoms with E-state index in [1.807, 2.05) is 6.07 Å². The predicted molar refractivity (Wildman–Crippen MR) is 154 cm³/mol. The van der Waals surface area contributed by atoms with Crippen LogP contribution in [0, 0.1) is 0 Å². The van der Waals surface area contributed by atoms with Gasteiger partial charge in [-0.1, -0.05) is 6.07 Å². The van der Waals surface area contributed by atoms with Crippen LogP contribution in [0.5, 0.6) is 40.2 Å². The summed E-state index contributed by atoms with van der Waals surface area (Å²) in [6.45, 7) is 0. The molecule has 1 amide bonds. The number of phenolic OH excluding ortho intramolecular Hbond substituents is 1. The van der Waals surface area contributed by atoms with Crippen LogP contribution in [0.1, 0.15) is 29.2 Å². The number of hydrogen-bond donors (Lipinski definition) is 2. The Labute approximate surface area is 238 Å². The number of carbonyl (C=O) groups is 1. The molecule has 4 rings (SSSR count). The van der Waals surface area contributed by atoms with Gasteiger partial charge in [0.25, 0.3) is 0 Å². The molecule has 0 fully saturated rings. The first kappa shape index (κ1) is 29.1. The van der Waals surface area contributed by atoms with E-state index in [0.717, 1.165) is 11.1 Å². The highest BCUT2D eigenvalue weighted by Crippen LogP contribution is 2.50. The summed E-state index contributed by atoms with van der Waals surface area (Å²) in [6.07, 6.45) is 4.00. The number of nitrogens with one attached hydrogen (secondary N) is 1. The quantitative estimate of drug-likeness (QED) is 0.367. The van der Waals surface area contributed by atoms with E-state index in [-0.39, 0.29) is 34.3 Å². The van der Waals surface area contributed by atoms with Crippen molar-refractivity contribution in [1.29, 1.82) is 0 Å². The molecular weight excluding hydrogens is 530 g/mol. The molecule has 1 unspecified atom stereocenters. The molecule has 41 heavy (non-hydrogen) atoms. The van der Waals surface area contributed by atoms with Gasteiger partial charge in [0.15, 0.2) is 28.7 Å². The molecule has 0 spiro atoms. The van der Waals surface area contributed by atoms with Crippen LogP contribution >= 0.6 is 0 Å². The fourth-order valence-electron chi connectivity index (χ4n) is 5.02. The minimum atomic E-state index is -0.523. The molecule has 0 radical (unpaired) electrons. The Hall–Kier alpha value is -4.86. The molecule has 0 aliphatic heterocycles. The Bertz CT molecular complexity index is 1520. The molecule has 0 heterocycles. The summed E-state index contributed by atoms with van der Waals surface area (Å²) >= 11 is 0. The first-order valence-electron chi connectivity index (χ1n) is 12.8. The van der Waals surface area contributed by atoms with E-state index in [2.05, 4.69) is 5.32 Å². The molecule has 3 aromatic carbocycles. The zero-order chi connectivity index (χ0) is 29.7. The number of methoxy groups -OCH3 is 6. The lowest BCUT2D eigenvalue weighted by molar-refractivity contribution is -0.117. The van der Waals surface area contributed by atoms with Crippen molar-refractivity contribution in [2.75, 3.05) is 42.7 Å². The number of phenols is 1. The van der Waals surface area contributed by atoms with Gasteiger partial charge in [-0.15, -0.1) is 0 Å². The molecule has 1 aliphatic rings. The molecular formula is C31H33NO9. The van der Waals surface area contributed by atoms with E-state index in [0.29, 0.717) is 46.8 Å². The van der Waals surface area contributed by atoms with E-state index in [4.69, 9.17) is 28.4 Å². The van der Waals surface area contributed by atoms with Gasteiger partial charge in [0, 0.05) is 11.6 Å². The van der Waals surface area contributed by atoms with Crippen LogP contribution in [0.15, 0.2) is 47.3 Å². The number of benzene rings is 2. The zero-order valence-corrected chi connectivity index (χ0v) is 23.8. The number of amides is 1. The monoisotopic (exact) mass is 563 g/mol. The molecule has 0 saturated carbocycles. The number of hydrogen-bond acceptors (Lipinski definition) is 9. The van der Waals surface area contributed by atoms with Crippen molar-refractivity contribution in [2.45, 2.75) is 18.9 Å². The van der Waals surface area contributed by atoms with E-state index < -0.39 is 6.04 Å². The third-order valence-corrected chi connectivity index (χ3v) is 6.97. The average molecular weight is 564 g/mol. The van der Waals surface area contributed by atoms with Crippen LogP contribution in [-0.4, -0.2) is 53.7 Å². The molecule has 0 aromatic heterocycles. The normalized spacial score (nSPS) is 13.9. The van der Waals surface area contributed by atoms with Crippen molar-refractivity contribution < 1.29 is 38.3 Å². The highest BCUT2D eigenvalue weighted by molar-refractivity contribution is 5.92. The van der Waals surface area contributed by atoms with E-state index >= 15 is 0 Å². The summed E-state index contributed by atoms with van der Waals surface area (Å²) in [5, 5.41) is 13.2. The molecule has 1 atom stereocenters. The Morgan fingerprint density at radius 3 is 2.05 bits per heavy atom. The first-order valence-corrected chi connectivity index (χ1v) is 12.8. The van der Waals surface area contributed by atoms with Crippen molar-refractivity contribution >= 4 is 12.0 Å². The second-order valence-corrected chi connectivity index (χ2v) is 9.17. The molecule has 216 valence electrons. The van der Waals surface area contributed by atoms with Gasteiger partial charge in [0.05, 0.1) is 48.7 Å². The molecule has 0 saturated heterocycles. The Morgan fingerprint density at radius 1 is 0.829 bits per heavy atom. The van der Waals surface area contributed by atoms with Crippen LogP contribution in [0.4, 0.5) is 0 Å². The number of ether oxygens (including phenoxy) is 6. The summed E-state index contributed by atoms with van der Waals surface area (Å²) in [5.41, 5.74) is 3.22.